The smallest absolute Gasteiger partial charge is 0.159 e. The van der Waals surface area contributed by atoms with Gasteiger partial charge in [-0.2, -0.15) is 0 Å². The summed E-state index contributed by atoms with van der Waals surface area (Å²) in [5.41, 5.74) is 1.03. The lowest BCUT2D eigenvalue weighted by Gasteiger charge is -2.01. The number of hydrogen-bond acceptors (Lipinski definition) is 2. The van der Waals surface area contributed by atoms with E-state index < -0.39 is 11.6 Å². The van der Waals surface area contributed by atoms with Crippen molar-refractivity contribution in [1.82, 2.24) is 0 Å². The van der Waals surface area contributed by atoms with Crippen LogP contribution in [-0.2, 0) is 4.84 Å². The number of oxime groups is 1. The zero-order chi connectivity index (χ0) is 10.6. The van der Waals surface area contributed by atoms with E-state index in [9.17, 15) is 8.78 Å². The Balaban J connectivity index is 2.91. The Morgan fingerprint density at radius 1 is 1.36 bits per heavy atom. The first-order valence-corrected chi connectivity index (χ1v) is 4.27. The number of hydrogen-bond donors (Lipinski definition) is 0. The zero-order valence-electron chi connectivity index (χ0n) is 8.05. The quantitative estimate of drug-likeness (QED) is 0.541. The first-order valence-electron chi connectivity index (χ1n) is 4.27. The summed E-state index contributed by atoms with van der Waals surface area (Å²) in [6, 6.07) is 3.61. The van der Waals surface area contributed by atoms with Crippen molar-refractivity contribution in [3.8, 4) is 0 Å². The molecular formula is C10H11F2NO. The third kappa shape index (κ3) is 2.52. The van der Waals surface area contributed by atoms with Crippen LogP contribution in [0.5, 0.6) is 0 Å². The van der Waals surface area contributed by atoms with Crippen molar-refractivity contribution in [2.24, 2.45) is 5.16 Å². The molecule has 0 N–H and O–H groups in total. The molecule has 1 rings (SSSR count). The minimum Gasteiger partial charge on any atom is -0.396 e. The highest BCUT2D eigenvalue weighted by molar-refractivity contribution is 5.98. The lowest BCUT2D eigenvalue weighted by atomic mass is 10.1. The average Bonchev–Trinajstić information content (AvgIpc) is 2.18. The molecule has 14 heavy (non-hydrogen) atoms. The Morgan fingerprint density at radius 2 is 2.07 bits per heavy atom. The molecule has 0 aromatic heterocycles. The molecule has 0 bridgehead atoms. The average molecular weight is 199 g/mol. The van der Waals surface area contributed by atoms with Crippen molar-refractivity contribution in [3.05, 3.63) is 35.4 Å². The number of nitrogens with zero attached hydrogens (tertiary/aromatic N) is 1. The maximum atomic E-state index is 12.8. The van der Waals surface area contributed by atoms with Crippen molar-refractivity contribution in [1.29, 1.82) is 0 Å². The van der Waals surface area contributed by atoms with Gasteiger partial charge in [-0.05, 0) is 32.0 Å². The first kappa shape index (κ1) is 10.6. The lowest BCUT2D eigenvalue weighted by molar-refractivity contribution is 0.159. The van der Waals surface area contributed by atoms with Crippen LogP contribution in [0.15, 0.2) is 23.4 Å². The van der Waals surface area contributed by atoms with Gasteiger partial charge in [-0.15, -0.1) is 0 Å². The first-order chi connectivity index (χ1) is 6.65. The van der Waals surface area contributed by atoms with Gasteiger partial charge < -0.3 is 4.84 Å². The molecule has 0 saturated heterocycles. The summed E-state index contributed by atoms with van der Waals surface area (Å²) in [7, 11) is 0. The molecule has 0 amide bonds. The molecule has 4 heteroatoms. The topological polar surface area (TPSA) is 21.6 Å². The molecule has 0 aliphatic carbocycles. The normalized spacial score (nSPS) is 11.6. The van der Waals surface area contributed by atoms with Crippen molar-refractivity contribution in [2.75, 3.05) is 6.61 Å². The van der Waals surface area contributed by atoms with Gasteiger partial charge in [-0.1, -0.05) is 5.16 Å². The van der Waals surface area contributed by atoms with Crippen LogP contribution in [0.25, 0.3) is 0 Å². The number of halogens is 2. The molecule has 1 aromatic rings. The molecule has 0 radical (unpaired) electrons. The summed E-state index contributed by atoms with van der Waals surface area (Å²) in [6.45, 7) is 3.91. The molecule has 0 atom stereocenters. The zero-order valence-corrected chi connectivity index (χ0v) is 8.05. The van der Waals surface area contributed by atoms with E-state index in [2.05, 4.69) is 5.16 Å². The van der Waals surface area contributed by atoms with Crippen LogP contribution >= 0.6 is 0 Å². The number of benzene rings is 1. The third-order valence-corrected chi connectivity index (χ3v) is 1.67. The second kappa shape index (κ2) is 4.69. The maximum absolute atomic E-state index is 12.8. The Hall–Kier alpha value is -1.45. The highest BCUT2D eigenvalue weighted by Gasteiger charge is 2.04. The minimum absolute atomic E-state index is 0.445. The van der Waals surface area contributed by atoms with Crippen LogP contribution in [-0.4, -0.2) is 12.3 Å². The summed E-state index contributed by atoms with van der Waals surface area (Å²) in [4.78, 5) is 4.79. The van der Waals surface area contributed by atoms with Crippen LogP contribution in [0, 0.1) is 11.6 Å². The molecule has 76 valence electrons. The second-order valence-corrected chi connectivity index (χ2v) is 2.72. The van der Waals surface area contributed by atoms with Crippen molar-refractivity contribution in [3.63, 3.8) is 0 Å². The molecule has 0 heterocycles. The van der Waals surface area contributed by atoms with Crippen LogP contribution in [0.2, 0.25) is 0 Å². The summed E-state index contributed by atoms with van der Waals surface area (Å²) >= 11 is 0. The SMILES string of the molecule is CCO/N=C(/C)c1ccc(F)c(F)c1. The molecular weight excluding hydrogens is 188 g/mol. The van der Waals surface area contributed by atoms with E-state index in [1.54, 1.807) is 13.8 Å². The monoisotopic (exact) mass is 199 g/mol. The van der Waals surface area contributed by atoms with E-state index in [1.807, 2.05) is 0 Å². The fraction of sp³-hybridized carbons (Fsp3) is 0.300. The van der Waals surface area contributed by atoms with Crippen LogP contribution in [0.4, 0.5) is 8.78 Å². The van der Waals surface area contributed by atoms with Gasteiger partial charge in [0.15, 0.2) is 11.6 Å². The summed E-state index contributed by atoms with van der Waals surface area (Å²) in [5, 5.41) is 3.71. The van der Waals surface area contributed by atoms with Gasteiger partial charge in [-0.25, -0.2) is 8.78 Å². The Bertz CT molecular complexity index is 350. The molecule has 2 nitrogen and oxygen atoms in total. The van der Waals surface area contributed by atoms with Gasteiger partial charge in [0, 0.05) is 5.56 Å². The van der Waals surface area contributed by atoms with Crippen LogP contribution in [0.3, 0.4) is 0 Å². The lowest BCUT2D eigenvalue weighted by Crippen LogP contribution is -1.98. The Labute approximate surface area is 81.2 Å². The standard InChI is InChI=1S/C10H11F2NO/c1-3-14-13-7(2)8-4-5-9(11)10(12)6-8/h4-6H,3H2,1-2H3/b13-7-. The van der Waals surface area contributed by atoms with E-state index in [0.29, 0.717) is 17.9 Å². The van der Waals surface area contributed by atoms with Gasteiger partial charge in [0.1, 0.15) is 6.61 Å². The van der Waals surface area contributed by atoms with E-state index in [0.717, 1.165) is 12.1 Å². The Kier molecular flexibility index (Phi) is 3.56. The predicted molar refractivity (Wildman–Crippen MR) is 50.2 cm³/mol. The van der Waals surface area contributed by atoms with Crippen LogP contribution < -0.4 is 0 Å². The van der Waals surface area contributed by atoms with Crippen molar-refractivity contribution in [2.45, 2.75) is 13.8 Å². The summed E-state index contributed by atoms with van der Waals surface area (Å²) in [5.74, 6) is -1.74. The minimum atomic E-state index is -0.881. The summed E-state index contributed by atoms with van der Waals surface area (Å²) in [6.07, 6.45) is 0. The van der Waals surface area contributed by atoms with Gasteiger partial charge >= 0.3 is 0 Å². The van der Waals surface area contributed by atoms with E-state index in [1.165, 1.54) is 6.07 Å². The van der Waals surface area contributed by atoms with Crippen LogP contribution in [0.1, 0.15) is 19.4 Å². The highest BCUT2D eigenvalue weighted by atomic mass is 19.2. The summed E-state index contributed by atoms with van der Waals surface area (Å²) < 4.78 is 25.4. The fourth-order valence-corrected chi connectivity index (χ4v) is 0.935. The molecule has 0 aliphatic heterocycles. The third-order valence-electron chi connectivity index (χ3n) is 1.67. The molecule has 0 aliphatic rings. The molecule has 1 aromatic carbocycles. The number of rotatable bonds is 3. The van der Waals surface area contributed by atoms with Gasteiger partial charge in [0.25, 0.3) is 0 Å². The van der Waals surface area contributed by atoms with Gasteiger partial charge in [0.05, 0.1) is 5.71 Å². The fourth-order valence-electron chi connectivity index (χ4n) is 0.935. The molecule has 0 unspecified atom stereocenters. The van der Waals surface area contributed by atoms with Gasteiger partial charge in [-0.3, -0.25) is 0 Å². The van der Waals surface area contributed by atoms with Crippen molar-refractivity contribution >= 4 is 5.71 Å². The van der Waals surface area contributed by atoms with Gasteiger partial charge in [0.2, 0.25) is 0 Å². The second-order valence-electron chi connectivity index (χ2n) is 2.72. The molecule has 0 saturated carbocycles. The van der Waals surface area contributed by atoms with E-state index in [-0.39, 0.29) is 0 Å². The van der Waals surface area contributed by atoms with E-state index in [4.69, 9.17) is 4.84 Å². The largest absolute Gasteiger partial charge is 0.396 e. The van der Waals surface area contributed by atoms with E-state index >= 15 is 0 Å². The Morgan fingerprint density at radius 3 is 2.64 bits per heavy atom. The maximum Gasteiger partial charge on any atom is 0.159 e. The molecule has 0 spiro atoms. The highest BCUT2D eigenvalue weighted by Crippen LogP contribution is 2.09. The van der Waals surface area contributed by atoms with Crippen molar-refractivity contribution < 1.29 is 13.6 Å². The molecule has 0 fully saturated rings. The predicted octanol–water partition coefficient (Wildman–Crippen LogP) is 2.73.